The molecule has 138 valence electrons. The highest BCUT2D eigenvalue weighted by Crippen LogP contribution is 2.14. The minimum absolute atomic E-state index is 0. The number of nitrogens with one attached hydrogen (secondary N) is 3. The second kappa shape index (κ2) is 10.7. The highest BCUT2D eigenvalue weighted by Gasteiger charge is 2.13. The van der Waals surface area contributed by atoms with E-state index in [9.17, 15) is 12.8 Å². The molecule has 1 heterocycles. The maximum atomic E-state index is 12.8. The fourth-order valence-corrected chi connectivity index (χ4v) is 3.93. The van der Waals surface area contributed by atoms with Gasteiger partial charge in [0.1, 0.15) is 10.0 Å². The van der Waals surface area contributed by atoms with Crippen molar-refractivity contribution in [3.05, 3.63) is 53.2 Å². The molecule has 0 aliphatic rings. The molecule has 10 heteroatoms. The molecule has 2 rings (SSSR count). The van der Waals surface area contributed by atoms with Crippen LogP contribution in [0.25, 0.3) is 0 Å². The number of rotatable bonds is 7. The topological polar surface area (TPSA) is 82.6 Å². The smallest absolute Gasteiger partial charge is 0.250 e. The zero-order valence-electron chi connectivity index (χ0n) is 13.5. The van der Waals surface area contributed by atoms with Crippen molar-refractivity contribution in [1.29, 1.82) is 0 Å². The van der Waals surface area contributed by atoms with Crippen LogP contribution < -0.4 is 15.4 Å². The largest absolute Gasteiger partial charge is 0.355 e. The van der Waals surface area contributed by atoms with Crippen molar-refractivity contribution in [3.63, 3.8) is 0 Å². The highest BCUT2D eigenvalue weighted by molar-refractivity contribution is 14.0. The van der Waals surface area contributed by atoms with Crippen LogP contribution in [0.4, 0.5) is 4.39 Å². The van der Waals surface area contributed by atoms with Gasteiger partial charge in [-0.05, 0) is 29.1 Å². The predicted molar refractivity (Wildman–Crippen MR) is 110 cm³/mol. The molecule has 0 radical (unpaired) electrons. The van der Waals surface area contributed by atoms with Crippen LogP contribution in [0.2, 0.25) is 0 Å². The van der Waals surface area contributed by atoms with E-state index >= 15 is 0 Å². The quantitative estimate of drug-likeness (QED) is 0.237. The minimum atomic E-state index is -3.45. The van der Waals surface area contributed by atoms with Gasteiger partial charge in [0.25, 0.3) is 0 Å². The molecule has 0 saturated heterocycles. The number of thiophene rings is 1. The van der Waals surface area contributed by atoms with Crippen LogP contribution in [-0.2, 0) is 16.6 Å². The van der Waals surface area contributed by atoms with Gasteiger partial charge < -0.3 is 10.6 Å². The number of benzene rings is 1. The third-order valence-corrected chi connectivity index (χ3v) is 5.92. The molecule has 0 amide bonds. The van der Waals surface area contributed by atoms with E-state index in [-0.39, 0.29) is 36.3 Å². The monoisotopic (exact) mass is 498 g/mol. The summed E-state index contributed by atoms with van der Waals surface area (Å²) in [6.07, 6.45) is 0. The summed E-state index contributed by atoms with van der Waals surface area (Å²) in [5.41, 5.74) is 0.915. The lowest BCUT2D eigenvalue weighted by Gasteiger charge is -2.12. The van der Waals surface area contributed by atoms with E-state index < -0.39 is 10.0 Å². The van der Waals surface area contributed by atoms with Crippen molar-refractivity contribution in [2.75, 3.05) is 20.1 Å². The van der Waals surface area contributed by atoms with Gasteiger partial charge in [-0.2, -0.15) is 0 Å². The summed E-state index contributed by atoms with van der Waals surface area (Å²) in [4.78, 5) is 4.05. The number of halogens is 2. The van der Waals surface area contributed by atoms with Crippen molar-refractivity contribution in [3.8, 4) is 0 Å². The molecule has 1 aromatic carbocycles. The van der Waals surface area contributed by atoms with Gasteiger partial charge in [-0.15, -0.1) is 35.3 Å². The van der Waals surface area contributed by atoms with E-state index in [1.54, 1.807) is 36.7 Å². The first-order chi connectivity index (χ1) is 11.5. The summed E-state index contributed by atoms with van der Waals surface area (Å²) in [5.74, 6) is 0.258. The van der Waals surface area contributed by atoms with Crippen LogP contribution in [0.1, 0.15) is 5.56 Å². The van der Waals surface area contributed by atoms with Crippen molar-refractivity contribution in [2.45, 2.75) is 10.8 Å². The molecule has 0 aliphatic carbocycles. The zero-order chi connectivity index (χ0) is 17.4. The molecule has 1 aromatic heterocycles. The van der Waals surface area contributed by atoms with E-state index in [1.165, 1.54) is 23.5 Å². The third-order valence-electron chi connectivity index (χ3n) is 3.07. The van der Waals surface area contributed by atoms with Gasteiger partial charge >= 0.3 is 0 Å². The molecule has 3 N–H and O–H groups in total. The Bertz CT molecular complexity index is 765. The van der Waals surface area contributed by atoms with E-state index in [1.807, 2.05) is 0 Å². The number of guanidine groups is 1. The maximum Gasteiger partial charge on any atom is 0.250 e. The average Bonchev–Trinajstić information content (AvgIpc) is 3.11. The molecule has 2 aromatic rings. The van der Waals surface area contributed by atoms with Crippen LogP contribution in [0.5, 0.6) is 0 Å². The molecular formula is C15H20FIN4O2S2. The average molecular weight is 498 g/mol. The number of nitrogens with zero attached hydrogens (tertiary/aromatic N) is 1. The van der Waals surface area contributed by atoms with E-state index in [2.05, 4.69) is 20.3 Å². The molecule has 25 heavy (non-hydrogen) atoms. The van der Waals surface area contributed by atoms with Crippen LogP contribution in [0.3, 0.4) is 0 Å². The molecule has 0 aliphatic heterocycles. The molecule has 0 atom stereocenters. The van der Waals surface area contributed by atoms with E-state index in [0.29, 0.717) is 23.3 Å². The van der Waals surface area contributed by atoms with Gasteiger partial charge in [-0.3, -0.25) is 4.99 Å². The van der Waals surface area contributed by atoms with Crippen molar-refractivity contribution < 1.29 is 12.8 Å². The van der Waals surface area contributed by atoms with Gasteiger partial charge in [0.15, 0.2) is 5.96 Å². The highest BCUT2D eigenvalue weighted by atomic mass is 127. The summed E-state index contributed by atoms with van der Waals surface area (Å²) in [6.45, 7) is 1.10. The van der Waals surface area contributed by atoms with Gasteiger partial charge in [0.2, 0.25) is 10.0 Å². The standard InChI is InChI=1S/C15H19FN4O2S2.HI/c1-17-15(19-11-12-4-6-13(16)7-5-12)18-8-9-20-24(21,22)14-3-2-10-23-14;/h2-7,10,20H,8-9,11H2,1H3,(H2,17,18,19);1H. The molecule has 6 nitrogen and oxygen atoms in total. The molecule has 0 bridgehead atoms. The maximum absolute atomic E-state index is 12.8. The Morgan fingerprint density at radius 3 is 2.48 bits per heavy atom. The van der Waals surface area contributed by atoms with Crippen LogP contribution in [0, 0.1) is 5.82 Å². The van der Waals surface area contributed by atoms with Gasteiger partial charge in [-0.1, -0.05) is 18.2 Å². The Kier molecular flexibility index (Phi) is 9.32. The number of hydrogen-bond donors (Lipinski definition) is 3. The SMILES string of the molecule is CN=C(NCCNS(=O)(=O)c1cccs1)NCc1ccc(F)cc1.I. The normalized spacial score (nSPS) is 11.7. The molecule has 0 fully saturated rings. The summed E-state index contributed by atoms with van der Waals surface area (Å²) >= 11 is 1.17. The Balaban J connectivity index is 0.00000312. The van der Waals surface area contributed by atoms with Gasteiger partial charge in [-0.25, -0.2) is 17.5 Å². The van der Waals surface area contributed by atoms with Crippen molar-refractivity contribution >= 4 is 51.3 Å². The van der Waals surface area contributed by atoms with Crippen molar-refractivity contribution in [1.82, 2.24) is 15.4 Å². The minimum Gasteiger partial charge on any atom is -0.355 e. The fraction of sp³-hybridized carbons (Fsp3) is 0.267. The molecular weight excluding hydrogens is 478 g/mol. The van der Waals surface area contributed by atoms with Gasteiger partial charge in [0.05, 0.1) is 0 Å². The second-order valence-electron chi connectivity index (χ2n) is 4.81. The first kappa shape index (κ1) is 21.8. The predicted octanol–water partition coefficient (Wildman–Crippen LogP) is 2.15. The first-order valence-electron chi connectivity index (χ1n) is 7.23. The van der Waals surface area contributed by atoms with E-state index in [0.717, 1.165) is 5.56 Å². The third kappa shape index (κ3) is 7.26. The summed E-state index contributed by atoms with van der Waals surface area (Å²) in [6, 6.07) is 9.41. The summed E-state index contributed by atoms with van der Waals surface area (Å²) in [5, 5.41) is 7.80. The summed E-state index contributed by atoms with van der Waals surface area (Å²) < 4.78 is 39.5. The van der Waals surface area contributed by atoms with Crippen LogP contribution >= 0.6 is 35.3 Å². The lowest BCUT2D eigenvalue weighted by atomic mass is 10.2. The molecule has 0 saturated carbocycles. The first-order valence-corrected chi connectivity index (χ1v) is 9.59. The summed E-state index contributed by atoms with van der Waals surface area (Å²) in [7, 11) is -1.83. The Morgan fingerprint density at radius 2 is 1.88 bits per heavy atom. The Morgan fingerprint density at radius 1 is 1.16 bits per heavy atom. The van der Waals surface area contributed by atoms with Gasteiger partial charge in [0, 0.05) is 26.7 Å². The molecule has 0 spiro atoms. The lowest BCUT2D eigenvalue weighted by Crippen LogP contribution is -2.41. The second-order valence-corrected chi connectivity index (χ2v) is 7.75. The van der Waals surface area contributed by atoms with Crippen LogP contribution in [0.15, 0.2) is 51.0 Å². The Hall–Kier alpha value is -1.24. The van der Waals surface area contributed by atoms with Crippen molar-refractivity contribution in [2.24, 2.45) is 4.99 Å². The molecule has 0 unspecified atom stereocenters. The lowest BCUT2D eigenvalue weighted by molar-refractivity contribution is 0.582. The van der Waals surface area contributed by atoms with Crippen LogP contribution in [-0.4, -0.2) is 34.5 Å². The fourth-order valence-electron chi connectivity index (χ4n) is 1.86. The zero-order valence-corrected chi connectivity index (χ0v) is 17.5. The number of sulfonamides is 1. The number of aliphatic imine (C=N–C) groups is 1. The van der Waals surface area contributed by atoms with E-state index in [4.69, 9.17) is 0 Å². The number of hydrogen-bond acceptors (Lipinski definition) is 4. The Labute approximate surface area is 168 Å².